The second-order valence-corrected chi connectivity index (χ2v) is 8.41. The van der Waals surface area contributed by atoms with Crippen LogP contribution in [0.4, 0.5) is 5.69 Å². The number of ether oxygens (including phenoxy) is 2. The third-order valence-corrected chi connectivity index (χ3v) is 5.34. The van der Waals surface area contributed by atoms with Gasteiger partial charge in [0.15, 0.2) is 6.61 Å². The van der Waals surface area contributed by atoms with Gasteiger partial charge in [-0.05, 0) is 56.3 Å². The summed E-state index contributed by atoms with van der Waals surface area (Å²) >= 11 is 11.8. The lowest BCUT2D eigenvalue weighted by atomic mass is 10.1. The van der Waals surface area contributed by atoms with Gasteiger partial charge >= 0.3 is 11.9 Å². The van der Waals surface area contributed by atoms with Gasteiger partial charge in [-0.1, -0.05) is 23.2 Å². The molecule has 0 saturated carbocycles. The highest BCUT2D eigenvalue weighted by Crippen LogP contribution is 2.27. The molecule has 168 valence electrons. The summed E-state index contributed by atoms with van der Waals surface area (Å²) < 4.78 is 10.3. The van der Waals surface area contributed by atoms with Crippen LogP contribution in [0, 0.1) is 5.92 Å². The summed E-state index contributed by atoms with van der Waals surface area (Å²) in [6, 6.07) is 10.8. The van der Waals surface area contributed by atoms with Gasteiger partial charge in [0.2, 0.25) is 11.7 Å². The number of hydrogen-bond donors (Lipinski definition) is 0. The van der Waals surface area contributed by atoms with Crippen molar-refractivity contribution in [2.24, 2.45) is 5.92 Å². The van der Waals surface area contributed by atoms with Gasteiger partial charge in [0.25, 0.3) is 0 Å². The Labute approximate surface area is 195 Å². The van der Waals surface area contributed by atoms with Crippen molar-refractivity contribution in [2.75, 3.05) is 18.1 Å². The highest BCUT2D eigenvalue weighted by Gasteiger charge is 2.36. The molecule has 7 nitrogen and oxygen atoms in total. The molecule has 32 heavy (non-hydrogen) atoms. The molecule has 0 aromatic heterocycles. The Bertz CT molecular complexity index is 1050. The Kier molecular flexibility index (Phi) is 7.53. The fourth-order valence-corrected chi connectivity index (χ4v) is 3.74. The summed E-state index contributed by atoms with van der Waals surface area (Å²) in [5.41, 5.74) is 1.11. The number of Topliss-reactive ketones (excluding diaryl/α,β-unsaturated/α-hetero) is 1. The van der Waals surface area contributed by atoms with Gasteiger partial charge in [0, 0.05) is 29.2 Å². The van der Waals surface area contributed by atoms with Gasteiger partial charge in [0.1, 0.15) is 0 Å². The predicted molar refractivity (Wildman–Crippen MR) is 119 cm³/mol. The van der Waals surface area contributed by atoms with Crippen LogP contribution in [-0.2, 0) is 19.1 Å². The van der Waals surface area contributed by atoms with Crippen molar-refractivity contribution < 1.29 is 28.7 Å². The summed E-state index contributed by atoms with van der Waals surface area (Å²) in [6.07, 6.45) is -0.275. The minimum Gasteiger partial charge on any atom is -0.459 e. The number of hydrogen-bond acceptors (Lipinski definition) is 6. The third-order valence-electron chi connectivity index (χ3n) is 4.79. The Morgan fingerprint density at radius 1 is 1.09 bits per heavy atom. The minimum absolute atomic E-state index is 0.0358. The van der Waals surface area contributed by atoms with Crippen LogP contribution in [0.25, 0.3) is 0 Å². The fourth-order valence-electron chi connectivity index (χ4n) is 3.22. The van der Waals surface area contributed by atoms with Crippen molar-refractivity contribution >= 4 is 52.5 Å². The quantitative estimate of drug-likeness (QED) is 0.435. The summed E-state index contributed by atoms with van der Waals surface area (Å²) in [5.74, 6) is -2.52. The van der Waals surface area contributed by atoms with Crippen LogP contribution in [0.5, 0.6) is 0 Å². The lowest BCUT2D eigenvalue weighted by Crippen LogP contribution is -2.27. The molecule has 9 heteroatoms. The second-order valence-electron chi connectivity index (χ2n) is 7.56. The van der Waals surface area contributed by atoms with Crippen LogP contribution in [0.15, 0.2) is 42.5 Å². The maximum atomic E-state index is 12.4. The molecule has 1 saturated heterocycles. The van der Waals surface area contributed by atoms with E-state index in [1.165, 1.54) is 23.1 Å². The number of carbonyl (C=O) groups excluding carboxylic acids is 4. The maximum Gasteiger partial charge on any atom is 0.338 e. The zero-order chi connectivity index (χ0) is 23.4. The number of esters is 2. The van der Waals surface area contributed by atoms with Crippen LogP contribution in [0.3, 0.4) is 0 Å². The van der Waals surface area contributed by atoms with Gasteiger partial charge in [0.05, 0.1) is 22.6 Å². The number of halogens is 2. The lowest BCUT2D eigenvalue weighted by Gasteiger charge is -2.17. The van der Waals surface area contributed by atoms with Gasteiger partial charge < -0.3 is 14.4 Å². The highest BCUT2D eigenvalue weighted by atomic mass is 35.5. The van der Waals surface area contributed by atoms with E-state index in [0.29, 0.717) is 16.3 Å². The van der Waals surface area contributed by atoms with Gasteiger partial charge in [-0.15, -0.1) is 0 Å². The molecule has 0 bridgehead atoms. The topological polar surface area (TPSA) is 90.0 Å². The van der Waals surface area contributed by atoms with Crippen molar-refractivity contribution in [3.05, 3.63) is 63.6 Å². The third kappa shape index (κ3) is 5.66. The zero-order valence-electron chi connectivity index (χ0n) is 17.5. The minimum atomic E-state index is -0.707. The monoisotopic (exact) mass is 477 g/mol. The van der Waals surface area contributed by atoms with Crippen molar-refractivity contribution in [1.82, 2.24) is 0 Å². The number of carbonyl (C=O) groups is 4. The molecule has 1 aliphatic heterocycles. The first-order valence-corrected chi connectivity index (χ1v) is 10.7. The molecular formula is C23H21Cl2NO6. The smallest absolute Gasteiger partial charge is 0.338 e. The molecule has 1 atom stereocenters. The van der Waals surface area contributed by atoms with Crippen molar-refractivity contribution in [1.29, 1.82) is 0 Å². The Morgan fingerprint density at radius 3 is 2.41 bits per heavy atom. The van der Waals surface area contributed by atoms with E-state index in [9.17, 15) is 19.2 Å². The molecule has 1 heterocycles. The molecule has 0 radical (unpaired) electrons. The summed E-state index contributed by atoms with van der Waals surface area (Å²) in [5, 5.41) is 0.555. The Balaban J connectivity index is 1.58. The van der Waals surface area contributed by atoms with Crippen LogP contribution in [0.1, 0.15) is 41.0 Å². The molecule has 0 spiro atoms. The molecule has 0 unspecified atom stereocenters. The van der Waals surface area contributed by atoms with Crippen molar-refractivity contribution in [2.45, 2.75) is 26.4 Å². The fraction of sp³-hybridized carbons (Fsp3) is 0.304. The van der Waals surface area contributed by atoms with E-state index in [-0.39, 0.29) is 35.6 Å². The molecule has 0 N–H and O–H groups in total. The lowest BCUT2D eigenvalue weighted by molar-refractivity contribution is -0.147. The molecule has 2 aromatic carbocycles. The molecular weight excluding hydrogens is 457 g/mol. The first-order chi connectivity index (χ1) is 15.2. The number of anilines is 1. The molecule has 1 aliphatic rings. The molecule has 3 rings (SSSR count). The van der Waals surface area contributed by atoms with E-state index in [1.807, 2.05) is 0 Å². The van der Waals surface area contributed by atoms with Crippen molar-refractivity contribution in [3.63, 3.8) is 0 Å². The first kappa shape index (κ1) is 23.8. The van der Waals surface area contributed by atoms with Gasteiger partial charge in [-0.2, -0.15) is 0 Å². The Morgan fingerprint density at radius 2 is 1.78 bits per heavy atom. The second kappa shape index (κ2) is 10.1. The summed E-state index contributed by atoms with van der Waals surface area (Å²) in [6.45, 7) is 3.14. The average Bonchev–Trinajstić information content (AvgIpc) is 3.13. The van der Waals surface area contributed by atoms with Crippen LogP contribution in [0.2, 0.25) is 10.0 Å². The largest absolute Gasteiger partial charge is 0.459 e. The SMILES string of the molecule is CC(C)OC(=O)c1ccc(N2C[C@H](C(=O)OCC(=O)c3ccc(Cl)cc3Cl)CC2=O)cc1. The van der Waals surface area contributed by atoms with Gasteiger partial charge in [-0.3, -0.25) is 14.4 Å². The van der Waals surface area contributed by atoms with E-state index in [4.69, 9.17) is 32.7 Å². The first-order valence-electron chi connectivity index (χ1n) is 9.92. The molecule has 1 fully saturated rings. The normalized spacial score (nSPS) is 15.7. The van der Waals surface area contributed by atoms with Crippen LogP contribution >= 0.6 is 23.2 Å². The van der Waals surface area contributed by atoms with E-state index >= 15 is 0 Å². The van der Waals surface area contributed by atoms with Crippen LogP contribution < -0.4 is 4.90 Å². The number of ketones is 1. The standard InChI is InChI=1S/C23H21Cl2NO6/c1-13(2)32-23(30)14-3-6-17(7-4-14)26-11-15(9-21(26)28)22(29)31-12-20(27)18-8-5-16(24)10-19(18)25/h3-8,10,13,15H,9,11-12H2,1-2H3/t15-/m1/s1. The maximum absolute atomic E-state index is 12.4. The molecule has 1 amide bonds. The van der Waals surface area contributed by atoms with E-state index in [2.05, 4.69) is 0 Å². The predicted octanol–water partition coefficient (Wildman–Crippen LogP) is 4.34. The van der Waals surface area contributed by atoms with E-state index < -0.39 is 30.2 Å². The number of nitrogens with zero attached hydrogens (tertiary/aromatic N) is 1. The Hall–Kier alpha value is -2.90. The highest BCUT2D eigenvalue weighted by molar-refractivity contribution is 6.36. The van der Waals surface area contributed by atoms with Gasteiger partial charge in [-0.25, -0.2) is 4.79 Å². The van der Waals surface area contributed by atoms with Crippen LogP contribution in [-0.4, -0.2) is 42.9 Å². The summed E-state index contributed by atoms with van der Waals surface area (Å²) in [4.78, 5) is 50.5. The number of amides is 1. The number of benzene rings is 2. The molecule has 0 aliphatic carbocycles. The van der Waals surface area contributed by atoms with E-state index in [0.717, 1.165) is 0 Å². The van der Waals surface area contributed by atoms with Crippen molar-refractivity contribution in [3.8, 4) is 0 Å². The average molecular weight is 478 g/mol. The summed E-state index contributed by atoms with van der Waals surface area (Å²) in [7, 11) is 0. The molecule has 2 aromatic rings. The zero-order valence-corrected chi connectivity index (χ0v) is 19.0. The van der Waals surface area contributed by atoms with E-state index in [1.54, 1.807) is 38.1 Å². The number of rotatable bonds is 7.